The number of H-pyrrole nitrogens is 1. The second-order valence-corrected chi connectivity index (χ2v) is 5.18. The van der Waals surface area contributed by atoms with E-state index in [4.69, 9.17) is 0 Å². The predicted octanol–water partition coefficient (Wildman–Crippen LogP) is 3.00. The summed E-state index contributed by atoms with van der Waals surface area (Å²) in [5, 5.41) is 2.37. The zero-order valence-corrected chi connectivity index (χ0v) is 13.0. The van der Waals surface area contributed by atoms with Gasteiger partial charge in [-0.25, -0.2) is 14.8 Å². The number of methoxy groups -OCH3 is 1. The first-order chi connectivity index (χ1) is 11.9. The van der Waals surface area contributed by atoms with Crippen LogP contribution in [-0.4, -0.2) is 34.2 Å². The highest BCUT2D eigenvalue weighted by Crippen LogP contribution is 2.44. The third-order valence-corrected chi connectivity index (χ3v) is 3.78. The number of carbonyl (C=O) groups is 1. The molecule has 25 heavy (non-hydrogen) atoms. The number of para-hydroxylation sites is 1. The zero-order chi connectivity index (χ0) is 18.1. The predicted molar refractivity (Wildman–Crippen MR) is 83.7 cm³/mol. The van der Waals surface area contributed by atoms with E-state index in [0.717, 1.165) is 13.3 Å². The zero-order valence-electron chi connectivity index (χ0n) is 13.0. The molecule has 0 amide bonds. The van der Waals surface area contributed by atoms with Crippen LogP contribution in [0.4, 0.5) is 19.1 Å². The fourth-order valence-corrected chi connectivity index (χ4v) is 2.63. The first-order valence-corrected chi connectivity index (χ1v) is 7.17. The summed E-state index contributed by atoms with van der Waals surface area (Å²) in [4.78, 5) is 22.6. The second kappa shape index (κ2) is 6.08. The number of fused-ring (bicyclic) bond motifs is 1. The number of ether oxygens (including phenoxy) is 1. The number of anilines is 1. The summed E-state index contributed by atoms with van der Waals surface area (Å²) in [5.74, 6) is -1.87. The molecule has 3 rings (SSSR count). The van der Waals surface area contributed by atoms with Gasteiger partial charge in [0.15, 0.2) is 0 Å². The quantitative estimate of drug-likeness (QED) is 0.707. The number of halogens is 3. The monoisotopic (exact) mass is 350 g/mol. The minimum Gasteiger partial charge on any atom is -0.467 e. The summed E-state index contributed by atoms with van der Waals surface area (Å²) in [7, 11) is 0.894. The van der Waals surface area contributed by atoms with Gasteiger partial charge in [0.2, 0.25) is 5.95 Å². The molecule has 0 fully saturated rings. The molecule has 0 saturated carbocycles. The number of aromatic nitrogens is 3. The molecule has 0 spiro atoms. The number of hydrogen-bond acceptors (Lipinski definition) is 5. The van der Waals surface area contributed by atoms with Gasteiger partial charge in [-0.2, -0.15) is 13.2 Å². The van der Waals surface area contributed by atoms with Crippen LogP contribution < -0.4 is 5.32 Å². The van der Waals surface area contributed by atoms with E-state index in [1.165, 1.54) is 24.5 Å². The van der Waals surface area contributed by atoms with E-state index < -0.39 is 17.7 Å². The van der Waals surface area contributed by atoms with Crippen LogP contribution in [0.3, 0.4) is 0 Å². The lowest BCUT2D eigenvalue weighted by Crippen LogP contribution is -2.56. The molecule has 2 N–H and O–H groups in total. The van der Waals surface area contributed by atoms with Gasteiger partial charge in [0.05, 0.1) is 7.11 Å². The van der Waals surface area contributed by atoms with Crippen LogP contribution in [0.25, 0.3) is 10.9 Å². The number of rotatable bonds is 4. The van der Waals surface area contributed by atoms with Crippen molar-refractivity contribution in [1.82, 2.24) is 15.0 Å². The first-order valence-electron chi connectivity index (χ1n) is 7.17. The molecule has 1 atom stereocenters. The summed E-state index contributed by atoms with van der Waals surface area (Å²) in [6, 6.07) is 7.79. The van der Waals surface area contributed by atoms with Crippen LogP contribution in [0, 0.1) is 0 Å². The summed E-state index contributed by atoms with van der Waals surface area (Å²) in [6.07, 6.45) is -1.36. The van der Waals surface area contributed by atoms with Crippen LogP contribution in [0.15, 0.2) is 48.9 Å². The van der Waals surface area contributed by atoms with Gasteiger partial charge in [-0.15, -0.1) is 0 Å². The van der Waals surface area contributed by atoms with Crippen molar-refractivity contribution in [3.63, 3.8) is 0 Å². The molecule has 0 bridgehead atoms. The molecule has 0 aliphatic heterocycles. The highest BCUT2D eigenvalue weighted by molar-refractivity contribution is 5.95. The molecule has 0 aliphatic rings. The Bertz CT molecular complexity index is 895. The highest BCUT2D eigenvalue weighted by atomic mass is 19.4. The van der Waals surface area contributed by atoms with E-state index >= 15 is 0 Å². The minimum absolute atomic E-state index is 0.230. The first kappa shape index (κ1) is 16.7. The summed E-state index contributed by atoms with van der Waals surface area (Å²) in [5.41, 5.74) is -3.04. The Morgan fingerprint density at radius 3 is 2.48 bits per heavy atom. The SMILES string of the molecule is COC(=O)[C@](Nc1ncccn1)(c1c[nH]c2ccccc12)C(F)(F)F. The van der Waals surface area contributed by atoms with Crippen molar-refractivity contribution >= 4 is 22.8 Å². The maximum absolute atomic E-state index is 14.2. The van der Waals surface area contributed by atoms with Gasteiger partial charge >= 0.3 is 12.1 Å². The Kier molecular flexibility index (Phi) is 4.07. The van der Waals surface area contributed by atoms with Crippen LogP contribution in [0.5, 0.6) is 0 Å². The van der Waals surface area contributed by atoms with Crippen LogP contribution in [-0.2, 0) is 15.1 Å². The average molecular weight is 350 g/mol. The number of nitrogens with zero attached hydrogens (tertiary/aromatic N) is 2. The molecule has 130 valence electrons. The van der Waals surface area contributed by atoms with Gasteiger partial charge in [-0.1, -0.05) is 18.2 Å². The van der Waals surface area contributed by atoms with Crippen LogP contribution >= 0.6 is 0 Å². The van der Waals surface area contributed by atoms with Crippen LogP contribution in [0.2, 0.25) is 0 Å². The fraction of sp³-hybridized carbons (Fsp3) is 0.188. The summed E-state index contributed by atoms with van der Waals surface area (Å²) >= 11 is 0. The Hall–Kier alpha value is -3.10. The summed E-state index contributed by atoms with van der Waals surface area (Å²) in [6.45, 7) is 0. The number of hydrogen-bond donors (Lipinski definition) is 2. The number of alkyl halides is 3. The fourth-order valence-electron chi connectivity index (χ4n) is 2.63. The Morgan fingerprint density at radius 1 is 1.16 bits per heavy atom. The molecule has 0 radical (unpaired) electrons. The summed E-state index contributed by atoms with van der Waals surface area (Å²) < 4.78 is 47.0. The van der Waals surface area contributed by atoms with Gasteiger partial charge in [0, 0.05) is 35.1 Å². The van der Waals surface area contributed by atoms with Crippen molar-refractivity contribution in [3.05, 3.63) is 54.5 Å². The Labute approximate surface area is 140 Å². The maximum Gasteiger partial charge on any atom is 0.426 e. The molecule has 6 nitrogen and oxygen atoms in total. The number of benzene rings is 1. The van der Waals surface area contributed by atoms with E-state index in [0.29, 0.717) is 5.52 Å². The van der Waals surface area contributed by atoms with Gasteiger partial charge < -0.3 is 15.0 Å². The van der Waals surface area contributed by atoms with Crippen molar-refractivity contribution in [2.75, 3.05) is 12.4 Å². The normalized spacial score (nSPS) is 14.1. The largest absolute Gasteiger partial charge is 0.467 e. The Balaban J connectivity index is 2.29. The lowest BCUT2D eigenvalue weighted by atomic mass is 9.88. The smallest absolute Gasteiger partial charge is 0.426 e. The molecule has 0 saturated heterocycles. The lowest BCUT2D eigenvalue weighted by molar-refractivity contribution is -0.201. The van der Waals surface area contributed by atoms with Crippen molar-refractivity contribution in [2.45, 2.75) is 11.7 Å². The van der Waals surface area contributed by atoms with Gasteiger partial charge in [-0.3, -0.25) is 0 Å². The minimum atomic E-state index is -5.02. The molecule has 0 aliphatic carbocycles. The highest BCUT2D eigenvalue weighted by Gasteiger charge is 2.64. The number of nitrogens with one attached hydrogen (secondary N) is 2. The molecule has 2 aromatic heterocycles. The topological polar surface area (TPSA) is 79.9 Å². The molecular formula is C16H13F3N4O2. The van der Waals surface area contributed by atoms with Crippen LogP contribution in [0.1, 0.15) is 5.56 Å². The molecule has 2 heterocycles. The molecule has 3 aromatic rings. The average Bonchev–Trinajstić information content (AvgIpc) is 3.03. The molecule has 0 unspecified atom stereocenters. The third kappa shape index (κ3) is 2.67. The molecule has 1 aromatic carbocycles. The van der Waals surface area contributed by atoms with E-state index in [-0.39, 0.29) is 16.9 Å². The van der Waals surface area contributed by atoms with Crippen molar-refractivity contribution in [3.8, 4) is 0 Å². The number of carbonyl (C=O) groups excluding carboxylic acids is 1. The van der Waals surface area contributed by atoms with E-state index in [1.807, 2.05) is 0 Å². The maximum atomic E-state index is 14.2. The lowest BCUT2D eigenvalue weighted by Gasteiger charge is -2.33. The third-order valence-electron chi connectivity index (χ3n) is 3.78. The van der Waals surface area contributed by atoms with Gasteiger partial charge in [0.25, 0.3) is 5.54 Å². The van der Waals surface area contributed by atoms with Crippen molar-refractivity contribution in [2.24, 2.45) is 0 Å². The van der Waals surface area contributed by atoms with Crippen molar-refractivity contribution in [1.29, 1.82) is 0 Å². The van der Waals surface area contributed by atoms with Gasteiger partial charge in [-0.05, 0) is 12.1 Å². The molecule has 9 heteroatoms. The van der Waals surface area contributed by atoms with E-state index in [1.54, 1.807) is 18.2 Å². The van der Waals surface area contributed by atoms with Crippen molar-refractivity contribution < 1.29 is 22.7 Å². The van der Waals surface area contributed by atoms with Gasteiger partial charge in [0.1, 0.15) is 0 Å². The second-order valence-electron chi connectivity index (χ2n) is 5.18. The van der Waals surface area contributed by atoms with E-state index in [2.05, 4.69) is 25.0 Å². The molecular weight excluding hydrogens is 337 g/mol. The Morgan fingerprint density at radius 2 is 1.84 bits per heavy atom. The number of aromatic amines is 1. The number of esters is 1. The standard InChI is InChI=1S/C16H13F3N4O2/c1-25-13(24)15(16(17,18)19,23-14-20-7-4-8-21-14)11-9-22-12-6-3-2-5-10(11)12/h2-9,22H,1H3,(H,20,21,23)/t15-/m1/s1. The van der Waals surface area contributed by atoms with E-state index in [9.17, 15) is 18.0 Å².